The van der Waals surface area contributed by atoms with Crippen molar-refractivity contribution in [3.63, 3.8) is 0 Å². The van der Waals surface area contributed by atoms with Crippen LogP contribution in [0.25, 0.3) is 0 Å². The highest BCUT2D eigenvalue weighted by Gasteiger charge is 2.30. The van der Waals surface area contributed by atoms with E-state index >= 15 is 0 Å². The van der Waals surface area contributed by atoms with Gasteiger partial charge in [0, 0.05) is 18.7 Å². The lowest BCUT2D eigenvalue weighted by molar-refractivity contribution is 0.159. The highest BCUT2D eigenvalue weighted by molar-refractivity contribution is 7.99. The van der Waals surface area contributed by atoms with E-state index in [1.54, 1.807) is 22.7 Å². The van der Waals surface area contributed by atoms with Crippen molar-refractivity contribution in [2.45, 2.75) is 38.3 Å². The van der Waals surface area contributed by atoms with Crippen LogP contribution in [0.1, 0.15) is 25.6 Å². The predicted octanol–water partition coefficient (Wildman–Crippen LogP) is 2.55. The average Bonchev–Trinajstić information content (AvgIpc) is 3.14. The Labute approximate surface area is 150 Å². The third kappa shape index (κ3) is 5.95. The number of carbonyl (C=O) groups is 1. The lowest BCUT2D eigenvalue weighted by Gasteiger charge is -2.18. The second-order valence-electron chi connectivity index (χ2n) is 5.46. The number of rotatable bonds is 10. The number of aryl methyl sites for hydroxylation is 1. The van der Waals surface area contributed by atoms with Crippen molar-refractivity contribution in [1.82, 2.24) is 15.0 Å². The number of amides is 1. The van der Waals surface area contributed by atoms with Gasteiger partial charge in [0.1, 0.15) is 12.4 Å². The third-order valence-electron chi connectivity index (χ3n) is 3.65. The maximum absolute atomic E-state index is 11.8. The van der Waals surface area contributed by atoms with E-state index in [0.717, 1.165) is 30.2 Å². The van der Waals surface area contributed by atoms with Crippen molar-refractivity contribution in [3.05, 3.63) is 22.8 Å². The van der Waals surface area contributed by atoms with Gasteiger partial charge in [-0.1, -0.05) is 24.2 Å². The summed E-state index contributed by atoms with van der Waals surface area (Å²) in [4.78, 5) is 16.7. The van der Waals surface area contributed by atoms with Crippen molar-refractivity contribution >= 4 is 30.1 Å². The monoisotopic (exact) mass is 373 g/mol. The summed E-state index contributed by atoms with van der Waals surface area (Å²) >= 11 is 6.60. The Morgan fingerprint density at radius 1 is 1.58 bits per heavy atom. The fraction of sp³-hybridized carbons (Fsp3) is 0.667. The molecule has 1 aliphatic heterocycles. The van der Waals surface area contributed by atoms with Gasteiger partial charge >= 0.3 is 6.09 Å². The zero-order valence-electron chi connectivity index (χ0n) is 13.6. The van der Waals surface area contributed by atoms with Crippen molar-refractivity contribution in [2.75, 3.05) is 24.7 Å². The molecule has 1 saturated heterocycles. The van der Waals surface area contributed by atoms with Crippen LogP contribution >= 0.6 is 24.0 Å². The lowest BCUT2D eigenvalue weighted by atomic mass is 10.2. The van der Waals surface area contributed by atoms with Crippen LogP contribution in [0.15, 0.2) is 16.7 Å². The minimum absolute atomic E-state index is 0.0884. The van der Waals surface area contributed by atoms with Gasteiger partial charge in [-0.15, -0.1) is 0 Å². The van der Waals surface area contributed by atoms with Gasteiger partial charge in [0.2, 0.25) is 0 Å². The van der Waals surface area contributed by atoms with E-state index in [0.29, 0.717) is 24.4 Å². The molecule has 0 aromatic carbocycles. The van der Waals surface area contributed by atoms with Gasteiger partial charge in [0.05, 0.1) is 12.1 Å². The van der Waals surface area contributed by atoms with E-state index in [-0.39, 0.29) is 12.1 Å². The van der Waals surface area contributed by atoms with E-state index in [1.165, 1.54) is 0 Å². The highest BCUT2D eigenvalue weighted by atomic mass is 32.2. The van der Waals surface area contributed by atoms with Gasteiger partial charge in [-0.25, -0.2) is 4.79 Å². The van der Waals surface area contributed by atoms with Gasteiger partial charge in [0.25, 0.3) is 4.84 Å². The molecule has 7 nitrogen and oxygen atoms in total. The molecular formula is C15H23N3O4S2. The largest absolute Gasteiger partial charge is 0.447 e. The van der Waals surface area contributed by atoms with Crippen molar-refractivity contribution in [2.24, 2.45) is 0 Å². The number of ether oxygens (including phenoxy) is 1. The summed E-state index contributed by atoms with van der Waals surface area (Å²) in [5.41, 5.74) is 0. The number of cyclic esters (lactones) is 1. The molecule has 1 aliphatic rings. The summed E-state index contributed by atoms with van der Waals surface area (Å²) in [6.07, 6.45) is 5.24. The normalized spacial score (nSPS) is 19.2. The highest BCUT2D eigenvalue weighted by Crippen LogP contribution is 2.16. The minimum atomic E-state index is -0.471. The molecule has 1 aromatic rings. The van der Waals surface area contributed by atoms with Crippen molar-refractivity contribution < 1.29 is 19.2 Å². The molecule has 0 unspecified atom stereocenters. The molecule has 134 valence electrons. The summed E-state index contributed by atoms with van der Waals surface area (Å²) in [7, 11) is 0. The topological polar surface area (TPSA) is 91.6 Å². The van der Waals surface area contributed by atoms with E-state index in [2.05, 4.69) is 10.1 Å². The first-order valence-corrected chi connectivity index (χ1v) is 9.59. The van der Waals surface area contributed by atoms with E-state index in [4.69, 9.17) is 21.5 Å². The number of aromatic amines is 1. The molecule has 0 saturated carbocycles. The summed E-state index contributed by atoms with van der Waals surface area (Å²) in [6.45, 7) is 2.89. The van der Waals surface area contributed by atoms with Crippen LogP contribution in [0.5, 0.6) is 0 Å². The van der Waals surface area contributed by atoms with Gasteiger partial charge in [-0.05, 0) is 30.8 Å². The van der Waals surface area contributed by atoms with Crippen LogP contribution in [-0.4, -0.2) is 63.0 Å². The number of aromatic nitrogens is 2. The van der Waals surface area contributed by atoms with E-state index < -0.39 is 6.10 Å². The second kappa shape index (κ2) is 9.85. The first-order chi connectivity index (χ1) is 11.6. The zero-order valence-corrected chi connectivity index (χ0v) is 15.3. The maximum atomic E-state index is 11.8. The molecular weight excluding hydrogens is 350 g/mol. The fourth-order valence-corrected chi connectivity index (χ4v) is 3.28. The molecule has 1 amide bonds. The van der Waals surface area contributed by atoms with Crippen molar-refractivity contribution in [1.29, 1.82) is 0 Å². The number of nitrogens with zero attached hydrogens (tertiary/aromatic N) is 2. The quantitative estimate of drug-likeness (QED) is 0.370. The number of aliphatic hydroxyl groups is 1. The SMILES string of the molecule is CC[C@H](O)/C=C/[C@H]1COC(=O)N1CCSCCCc1noc(=S)[nH]1. The number of hydrogen-bond acceptors (Lipinski definition) is 7. The fourth-order valence-electron chi connectivity index (χ4n) is 2.25. The molecule has 0 bridgehead atoms. The maximum Gasteiger partial charge on any atom is 0.410 e. The van der Waals surface area contributed by atoms with Gasteiger partial charge < -0.3 is 14.4 Å². The van der Waals surface area contributed by atoms with Gasteiger partial charge in [-0.3, -0.25) is 9.88 Å². The van der Waals surface area contributed by atoms with Crippen LogP contribution in [-0.2, 0) is 11.2 Å². The van der Waals surface area contributed by atoms with E-state index in [1.807, 2.05) is 13.0 Å². The second-order valence-corrected chi connectivity index (χ2v) is 7.05. The smallest absolute Gasteiger partial charge is 0.410 e. The van der Waals surface area contributed by atoms with Crippen molar-refractivity contribution in [3.8, 4) is 0 Å². The standard InChI is InChI=1S/C15H23N3O4S2/c1-2-12(19)6-5-11-10-21-15(20)18(11)7-9-24-8-3-4-13-16-14(23)22-17-13/h5-6,11-12,19H,2-4,7-10H2,1H3,(H,16,17,23)/b6-5+/t11-,12-/m0/s1. The van der Waals surface area contributed by atoms with Crippen LogP contribution in [0.3, 0.4) is 0 Å². The molecule has 1 fully saturated rings. The zero-order chi connectivity index (χ0) is 17.4. The number of hydrogen-bond donors (Lipinski definition) is 2. The number of thioether (sulfide) groups is 1. The average molecular weight is 374 g/mol. The molecule has 0 spiro atoms. The molecule has 9 heteroatoms. The molecule has 2 N–H and O–H groups in total. The Balaban J connectivity index is 1.65. The lowest BCUT2D eigenvalue weighted by Crippen LogP contribution is -2.34. The molecule has 2 rings (SSSR count). The van der Waals surface area contributed by atoms with E-state index in [9.17, 15) is 9.90 Å². The Bertz CT molecular complexity index is 602. The molecule has 1 aromatic heterocycles. The van der Waals surface area contributed by atoms with Crippen LogP contribution in [0.4, 0.5) is 4.79 Å². The number of nitrogens with one attached hydrogen (secondary N) is 1. The Hall–Kier alpha value is -1.32. The number of carbonyl (C=O) groups excluding carboxylic acids is 1. The molecule has 2 heterocycles. The Morgan fingerprint density at radius 2 is 2.42 bits per heavy atom. The van der Waals surface area contributed by atoms with Crippen LogP contribution in [0, 0.1) is 4.84 Å². The molecule has 24 heavy (non-hydrogen) atoms. The Morgan fingerprint density at radius 3 is 3.12 bits per heavy atom. The first kappa shape index (κ1) is 19.0. The van der Waals surface area contributed by atoms with Gasteiger partial charge in [0.15, 0.2) is 0 Å². The van der Waals surface area contributed by atoms with Gasteiger partial charge in [-0.2, -0.15) is 11.8 Å². The first-order valence-electron chi connectivity index (χ1n) is 8.02. The summed E-state index contributed by atoms with van der Waals surface area (Å²) < 4.78 is 9.90. The summed E-state index contributed by atoms with van der Waals surface area (Å²) in [6, 6.07) is -0.0884. The molecule has 0 aliphatic carbocycles. The molecule has 2 atom stereocenters. The Kier molecular flexibility index (Phi) is 7.80. The van der Waals surface area contributed by atoms with Crippen LogP contribution in [0.2, 0.25) is 0 Å². The van der Waals surface area contributed by atoms with Crippen LogP contribution < -0.4 is 0 Å². The summed E-state index contributed by atoms with van der Waals surface area (Å²) in [5.74, 6) is 2.57. The number of H-pyrrole nitrogens is 1. The predicted molar refractivity (Wildman–Crippen MR) is 94.6 cm³/mol. The molecule has 0 radical (unpaired) electrons. The number of aliphatic hydroxyl groups excluding tert-OH is 1. The third-order valence-corrected chi connectivity index (χ3v) is 4.88. The minimum Gasteiger partial charge on any atom is -0.447 e. The summed E-state index contributed by atoms with van der Waals surface area (Å²) in [5, 5.41) is 13.4.